The number of carbonyl (C=O) groups excluding carboxylic acids is 1. The van der Waals surface area contributed by atoms with Gasteiger partial charge in [-0.2, -0.15) is 0 Å². The van der Waals surface area contributed by atoms with E-state index in [1.165, 1.54) is 0 Å². The molecule has 0 saturated heterocycles. The summed E-state index contributed by atoms with van der Waals surface area (Å²) < 4.78 is 4.97. The summed E-state index contributed by atoms with van der Waals surface area (Å²) in [6.07, 6.45) is 5.45. The molecule has 0 spiro atoms. The normalized spacial score (nSPS) is 35.9. The van der Waals surface area contributed by atoms with E-state index in [2.05, 4.69) is 6.08 Å². The first-order valence-corrected chi connectivity index (χ1v) is 6.10. The Bertz CT molecular complexity index is 374. The van der Waals surface area contributed by atoms with Gasteiger partial charge in [-0.3, -0.25) is 9.59 Å². The molecule has 0 aromatic rings. The van der Waals surface area contributed by atoms with E-state index in [0.717, 1.165) is 6.42 Å². The van der Waals surface area contributed by atoms with Gasteiger partial charge >= 0.3 is 11.9 Å². The average Bonchev–Trinajstić information content (AvgIpc) is 2.88. The van der Waals surface area contributed by atoms with Gasteiger partial charge in [0.25, 0.3) is 0 Å². The second-order valence-electron chi connectivity index (χ2n) is 5.01. The van der Waals surface area contributed by atoms with Gasteiger partial charge < -0.3 is 9.84 Å². The number of fused-ring (bicyclic) bond motifs is 2. The molecule has 1 N–H and O–H groups in total. The first kappa shape index (κ1) is 12.1. The predicted molar refractivity (Wildman–Crippen MR) is 61.2 cm³/mol. The molecule has 0 aromatic heterocycles. The lowest BCUT2D eigenvalue weighted by Gasteiger charge is -2.35. The quantitative estimate of drug-likeness (QED) is 0.599. The second kappa shape index (κ2) is 4.17. The molecule has 0 aromatic carbocycles. The van der Waals surface area contributed by atoms with Crippen molar-refractivity contribution >= 4 is 11.9 Å². The third-order valence-electron chi connectivity index (χ3n) is 4.24. The fourth-order valence-electron chi connectivity index (χ4n) is 3.30. The highest BCUT2D eigenvalue weighted by Gasteiger charge is 2.59. The second-order valence-corrected chi connectivity index (χ2v) is 5.01. The van der Waals surface area contributed by atoms with Crippen molar-refractivity contribution in [3.8, 4) is 0 Å². The third-order valence-corrected chi connectivity index (χ3v) is 4.24. The minimum Gasteiger partial charge on any atom is -0.481 e. The van der Waals surface area contributed by atoms with Gasteiger partial charge in [0.1, 0.15) is 0 Å². The number of hydrogen-bond acceptors (Lipinski definition) is 3. The zero-order valence-electron chi connectivity index (χ0n) is 10.2. The van der Waals surface area contributed by atoms with Crippen LogP contribution in [0.25, 0.3) is 0 Å². The van der Waals surface area contributed by atoms with Crippen LogP contribution >= 0.6 is 0 Å². The maximum atomic E-state index is 11.8. The molecular formula is C13H18O4. The summed E-state index contributed by atoms with van der Waals surface area (Å²) in [5.74, 6) is -1.55. The number of rotatable bonds is 4. The number of carbonyl (C=O) groups is 2. The zero-order chi connectivity index (χ0) is 12.6. The first-order chi connectivity index (χ1) is 8.02. The Balaban J connectivity index is 2.27. The molecule has 4 nitrogen and oxygen atoms in total. The van der Waals surface area contributed by atoms with Gasteiger partial charge in [0, 0.05) is 0 Å². The van der Waals surface area contributed by atoms with Crippen molar-refractivity contribution < 1.29 is 19.4 Å². The molecule has 0 aliphatic heterocycles. The van der Waals surface area contributed by atoms with Gasteiger partial charge in [-0.15, -0.1) is 0 Å². The van der Waals surface area contributed by atoms with Gasteiger partial charge in [0.2, 0.25) is 0 Å². The van der Waals surface area contributed by atoms with Crippen LogP contribution in [0.4, 0.5) is 0 Å². The molecular weight excluding hydrogens is 220 g/mol. The Labute approximate surface area is 101 Å². The molecule has 17 heavy (non-hydrogen) atoms. The Morgan fingerprint density at radius 2 is 2.24 bits per heavy atom. The van der Waals surface area contributed by atoms with Crippen molar-refractivity contribution in [2.75, 3.05) is 6.61 Å². The molecule has 4 heteroatoms. The van der Waals surface area contributed by atoms with E-state index in [0.29, 0.717) is 18.9 Å². The van der Waals surface area contributed by atoms with Crippen LogP contribution in [-0.4, -0.2) is 23.7 Å². The van der Waals surface area contributed by atoms with Crippen molar-refractivity contribution in [2.24, 2.45) is 23.2 Å². The van der Waals surface area contributed by atoms with E-state index in [4.69, 9.17) is 4.74 Å². The van der Waals surface area contributed by atoms with Crippen LogP contribution in [0, 0.1) is 23.2 Å². The van der Waals surface area contributed by atoms with Gasteiger partial charge in [-0.25, -0.2) is 0 Å². The van der Waals surface area contributed by atoms with Gasteiger partial charge in [0.05, 0.1) is 17.9 Å². The largest absolute Gasteiger partial charge is 0.481 e. The molecule has 94 valence electrons. The van der Waals surface area contributed by atoms with Crippen LogP contribution < -0.4 is 0 Å². The van der Waals surface area contributed by atoms with E-state index >= 15 is 0 Å². The van der Waals surface area contributed by atoms with Gasteiger partial charge in [-0.1, -0.05) is 19.1 Å². The molecule has 1 fully saturated rings. The van der Waals surface area contributed by atoms with E-state index in [1.807, 2.05) is 6.08 Å². The minimum absolute atomic E-state index is 0.0237. The number of allylic oxidation sites excluding steroid dienone is 2. The fourth-order valence-corrected chi connectivity index (χ4v) is 3.30. The number of hydrogen-bond donors (Lipinski definition) is 1. The lowest BCUT2D eigenvalue weighted by molar-refractivity contribution is -0.167. The molecule has 0 heterocycles. The highest BCUT2D eigenvalue weighted by Crippen LogP contribution is 2.56. The summed E-state index contributed by atoms with van der Waals surface area (Å²) in [5, 5.41) is 9.53. The van der Waals surface area contributed by atoms with Gasteiger partial charge in [-0.05, 0) is 31.6 Å². The topological polar surface area (TPSA) is 63.6 Å². The van der Waals surface area contributed by atoms with E-state index in [-0.39, 0.29) is 5.92 Å². The van der Waals surface area contributed by atoms with E-state index in [9.17, 15) is 14.7 Å². The summed E-state index contributed by atoms with van der Waals surface area (Å²) >= 11 is 0. The van der Waals surface area contributed by atoms with E-state index in [1.54, 1.807) is 13.8 Å². The van der Waals surface area contributed by atoms with Crippen molar-refractivity contribution in [3.63, 3.8) is 0 Å². The standard InChI is InChI=1S/C13H18O4/c1-3-17-11(14)8(2)13(12(15)16)7-9-4-5-10(13)6-9/h4-5,8-10H,3,6-7H2,1-2H3,(H,15,16). The molecule has 2 rings (SSSR count). The smallest absolute Gasteiger partial charge is 0.311 e. The monoisotopic (exact) mass is 238 g/mol. The van der Waals surface area contributed by atoms with Crippen molar-refractivity contribution in [3.05, 3.63) is 12.2 Å². The van der Waals surface area contributed by atoms with Crippen LogP contribution in [0.5, 0.6) is 0 Å². The summed E-state index contributed by atoms with van der Waals surface area (Å²) in [7, 11) is 0. The number of aliphatic carboxylic acids is 1. The number of esters is 1. The van der Waals surface area contributed by atoms with Gasteiger partial charge in [0.15, 0.2) is 0 Å². The lowest BCUT2D eigenvalue weighted by atomic mass is 9.67. The first-order valence-electron chi connectivity index (χ1n) is 6.10. The number of carboxylic acid groups (broad SMARTS) is 1. The Morgan fingerprint density at radius 3 is 2.65 bits per heavy atom. The summed E-state index contributed by atoms with van der Waals surface area (Å²) in [6, 6.07) is 0. The van der Waals surface area contributed by atoms with Crippen LogP contribution in [0.2, 0.25) is 0 Å². The maximum Gasteiger partial charge on any atom is 0.311 e. The summed E-state index contributed by atoms with van der Waals surface area (Å²) in [6.45, 7) is 3.71. The SMILES string of the molecule is CCOC(=O)C(C)C1(C(=O)O)CC2C=CC1C2. The molecule has 0 amide bonds. The maximum absolute atomic E-state index is 11.8. The van der Waals surface area contributed by atoms with Crippen molar-refractivity contribution in [1.29, 1.82) is 0 Å². The Morgan fingerprint density at radius 1 is 1.53 bits per heavy atom. The van der Waals surface area contributed by atoms with Crippen LogP contribution in [0.15, 0.2) is 12.2 Å². The average molecular weight is 238 g/mol. The van der Waals surface area contributed by atoms with Crippen LogP contribution in [-0.2, 0) is 14.3 Å². The summed E-state index contributed by atoms with van der Waals surface area (Å²) in [5.41, 5.74) is -0.953. The molecule has 2 bridgehead atoms. The Hall–Kier alpha value is -1.32. The highest BCUT2D eigenvalue weighted by molar-refractivity contribution is 5.85. The number of carboxylic acids is 1. The van der Waals surface area contributed by atoms with E-state index < -0.39 is 23.3 Å². The fraction of sp³-hybridized carbons (Fsp3) is 0.692. The van der Waals surface area contributed by atoms with Crippen LogP contribution in [0.3, 0.4) is 0 Å². The summed E-state index contributed by atoms with van der Waals surface area (Å²) in [4.78, 5) is 23.4. The predicted octanol–water partition coefficient (Wildman–Crippen LogP) is 1.85. The lowest BCUT2D eigenvalue weighted by Crippen LogP contribution is -2.45. The third kappa shape index (κ3) is 1.66. The van der Waals surface area contributed by atoms with Crippen LogP contribution in [0.1, 0.15) is 26.7 Å². The molecule has 0 radical (unpaired) electrons. The Kier molecular flexibility index (Phi) is 2.98. The number of ether oxygens (including phenoxy) is 1. The molecule has 2 aliphatic carbocycles. The minimum atomic E-state index is -0.953. The molecule has 4 unspecified atom stereocenters. The molecule has 2 aliphatic rings. The molecule has 4 atom stereocenters. The molecule has 1 saturated carbocycles. The highest BCUT2D eigenvalue weighted by atomic mass is 16.5. The van der Waals surface area contributed by atoms with Crippen molar-refractivity contribution in [1.82, 2.24) is 0 Å². The van der Waals surface area contributed by atoms with Crippen molar-refractivity contribution in [2.45, 2.75) is 26.7 Å². The zero-order valence-corrected chi connectivity index (χ0v) is 10.2.